The Morgan fingerprint density at radius 3 is 2.15 bits per heavy atom. The highest BCUT2D eigenvalue weighted by molar-refractivity contribution is 5.88. The number of hydrogen-bond acceptors (Lipinski definition) is 2. The Hall–Kier alpha value is -0.530. The maximum absolute atomic E-state index is 5.36. The average Bonchev–Trinajstić information content (AvgIpc) is 2.02. The molecule has 0 amide bonds. The third kappa shape index (κ3) is 5.67. The minimum Gasteiger partial charge on any atom is -0.323 e. The largest absolute Gasteiger partial charge is 0.323 e. The summed E-state index contributed by atoms with van der Waals surface area (Å²) in [6, 6.07) is 0. The first-order chi connectivity index (χ1) is 6.02. The zero-order valence-corrected chi connectivity index (χ0v) is 9.56. The van der Waals surface area contributed by atoms with E-state index in [9.17, 15) is 0 Å². The molecule has 0 saturated carbocycles. The highest BCUT2D eigenvalue weighted by Crippen LogP contribution is 2.20. The van der Waals surface area contributed by atoms with E-state index in [1.165, 1.54) is 25.7 Å². The monoisotopic (exact) mass is 184 g/mol. The zero-order chi connectivity index (χ0) is 10.3. The first-order valence-electron chi connectivity index (χ1n) is 5.29. The molecule has 0 fully saturated rings. The van der Waals surface area contributed by atoms with Gasteiger partial charge in [0.25, 0.3) is 0 Å². The molecular formula is C11H24N2. The average molecular weight is 184 g/mol. The Balaban J connectivity index is 3.76. The summed E-state index contributed by atoms with van der Waals surface area (Å²) in [7, 11) is 0. The molecule has 13 heavy (non-hydrogen) atoms. The van der Waals surface area contributed by atoms with Gasteiger partial charge < -0.3 is 5.84 Å². The molecule has 78 valence electrons. The molecule has 0 aromatic carbocycles. The lowest BCUT2D eigenvalue weighted by molar-refractivity contribution is 0.562. The van der Waals surface area contributed by atoms with E-state index in [1.54, 1.807) is 0 Å². The number of hydrogen-bond donors (Lipinski definition) is 1. The third-order valence-electron chi connectivity index (χ3n) is 2.29. The summed E-state index contributed by atoms with van der Waals surface area (Å²) in [5.41, 5.74) is 1.28. The fraction of sp³-hybridized carbons (Fsp3) is 0.909. The van der Waals surface area contributed by atoms with Crippen LogP contribution < -0.4 is 5.84 Å². The predicted molar refractivity (Wildman–Crippen MR) is 59.8 cm³/mol. The van der Waals surface area contributed by atoms with E-state index in [1.807, 2.05) is 0 Å². The van der Waals surface area contributed by atoms with Gasteiger partial charge in [0.2, 0.25) is 0 Å². The molecule has 2 nitrogen and oxygen atoms in total. The molecule has 0 rings (SSSR count). The van der Waals surface area contributed by atoms with Crippen molar-refractivity contribution < 1.29 is 0 Å². The lowest BCUT2D eigenvalue weighted by Crippen LogP contribution is -2.21. The molecule has 2 heteroatoms. The van der Waals surface area contributed by atoms with Gasteiger partial charge in [-0.3, -0.25) is 0 Å². The van der Waals surface area contributed by atoms with Crippen LogP contribution in [0, 0.1) is 5.41 Å². The van der Waals surface area contributed by atoms with Gasteiger partial charge in [0.15, 0.2) is 0 Å². The molecule has 0 aliphatic heterocycles. The minimum absolute atomic E-state index is 0.140. The van der Waals surface area contributed by atoms with Crippen LogP contribution in [-0.4, -0.2) is 5.71 Å². The Morgan fingerprint density at radius 1 is 1.15 bits per heavy atom. The van der Waals surface area contributed by atoms with Crippen molar-refractivity contribution in [3.63, 3.8) is 0 Å². The van der Waals surface area contributed by atoms with Crippen molar-refractivity contribution in [2.75, 3.05) is 0 Å². The van der Waals surface area contributed by atoms with Gasteiger partial charge in [0.05, 0.1) is 0 Å². The summed E-state index contributed by atoms with van der Waals surface area (Å²) < 4.78 is 0. The molecule has 0 radical (unpaired) electrons. The first kappa shape index (κ1) is 12.5. The quantitative estimate of drug-likeness (QED) is 0.303. The molecular weight excluding hydrogens is 160 g/mol. The summed E-state index contributed by atoms with van der Waals surface area (Å²) in [5, 5.41) is 3.87. The maximum atomic E-state index is 5.36. The molecule has 0 aliphatic rings. The van der Waals surface area contributed by atoms with Crippen LogP contribution in [0.5, 0.6) is 0 Å². The normalized spacial score (nSPS) is 13.4. The molecule has 0 heterocycles. The second-order valence-corrected chi connectivity index (χ2v) is 4.64. The summed E-state index contributed by atoms with van der Waals surface area (Å²) in [6.07, 6.45) is 6.18. The molecule has 0 aromatic rings. The van der Waals surface area contributed by atoms with E-state index < -0.39 is 0 Å². The van der Waals surface area contributed by atoms with Crippen LogP contribution in [0.3, 0.4) is 0 Å². The van der Waals surface area contributed by atoms with E-state index in [-0.39, 0.29) is 5.41 Å². The minimum atomic E-state index is 0.140. The van der Waals surface area contributed by atoms with E-state index in [0.717, 1.165) is 12.1 Å². The molecule has 0 unspecified atom stereocenters. The molecule has 2 N–H and O–H groups in total. The van der Waals surface area contributed by atoms with Crippen molar-refractivity contribution in [2.45, 2.75) is 59.8 Å². The van der Waals surface area contributed by atoms with Crippen LogP contribution in [-0.2, 0) is 0 Å². The second-order valence-electron chi connectivity index (χ2n) is 4.64. The Labute approximate surface area is 82.6 Å². The van der Waals surface area contributed by atoms with E-state index in [4.69, 9.17) is 5.84 Å². The van der Waals surface area contributed by atoms with Crippen molar-refractivity contribution in [3.05, 3.63) is 0 Å². The summed E-state index contributed by atoms with van der Waals surface area (Å²) in [4.78, 5) is 0. The van der Waals surface area contributed by atoms with Crippen molar-refractivity contribution >= 4 is 5.71 Å². The fourth-order valence-corrected chi connectivity index (χ4v) is 1.35. The molecule has 0 atom stereocenters. The zero-order valence-electron chi connectivity index (χ0n) is 9.56. The lowest BCUT2D eigenvalue weighted by Gasteiger charge is -2.20. The smallest absolute Gasteiger partial charge is 0.0429 e. The highest BCUT2D eigenvalue weighted by Gasteiger charge is 2.17. The first-order valence-corrected chi connectivity index (χ1v) is 5.29. The van der Waals surface area contributed by atoms with E-state index in [2.05, 4.69) is 32.8 Å². The van der Waals surface area contributed by atoms with Crippen LogP contribution in [0.2, 0.25) is 0 Å². The summed E-state index contributed by atoms with van der Waals surface area (Å²) in [5.74, 6) is 5.36. The SMILES string of the molecule is CCCCCCC(=NN)C(C)(C)C. The third-order valence-corrected chi connectivity index (χ3v) is 2.29. The van der Waals surface area contributed by atoms with Crippen LogP contribution in [0.15, 0.2) is 5.10 Å². The summed E-state index contributed by atoms with van der Waals surface area (Å²) in [6.45, 7) is 8.72. The van der Waals surface area contributed by atoms with E-state index in [0.29, 0.717) is 0 Å². The molecule has 0 bridgehead atoms. The molecule has 0 saturated heterocycles. The van der Waals surface area contributed by atoms with Crippen molar-refractivity contribution in [1.82, 2.24) is 0 Å². The van der Waals surface area contributed by atoms with Gasteiger partial charge in [-0.1, -0.05) is 47.0 Å². The van der Waals surface area contributed by atoms with Crippen molar-refractivity contribution in [3.8, 4) is 0 Å². The van der Waals surface area contributed by atoms with Crippen LogP contribution in [0.4, 0.5) is 0 Å². The van der Waals surface area contributed by atoms with Crippen LogP contribution in [0.25, 0.3) is 0 Å². The number of rotatable bonds is 5. The van der Waals surface area contributed by atoms with E-state index >= 15 is 0 Å². The standard InChI is InChI=1S/C11H24N2/c1-5-6-7-8-9-10(13-12)11(2,3)4/h5-9,12H2,1-4H3. The van der Waals surface area contributed by atoms with Crippen LogP contribution in [0.1, 0.15) is 59.8 Å². The van der Waals surface area contributed by atoms with Crippen molar-refractivity contribution in [2.24, 2.45) is 16.4 Å². The second kappa shape index (κ2) is 6.01. The number of nitrogens with two attached hydrogens (primary N) is 1. The van der Waals surface area contributed by atoms with Gasteiger partial charge in [-0.05, 0) is 12.8 Å². The highest BCUT2D eigenvalue weighted by atomic mass is 15.1. The fourth-order valence-electron chi connectivity index (χ4n) is 1.35. The van der Waals surface area contributed by atoms with Gasteiger partial charge in [0, 0.05) is 11.1 Å². The summed E-state index contributed by atoms with van der Waals surface area (Å²) >= 11 is 0. The van der Waals surface area contributed by atoms with Crippen molar-refractivity contribution in [1.29, 1.82) is 0 Å². The Bertz CT molecular complexity index is 154. The molecule has 0 aliphatic carbocycles. The van der Waals surface area contributed by atoms with Gasteiger partial charge in [-0.15, -0.1) is 0 Å². The number of hydrazone groups is 1. The lowest BCUT2D eigenvalue weighted by atomic mass is 9.87. The van der Waals surface area contributed by atoms with Gasteiger partial charge in [0.1, 0.15) is 0 Å². The topological polar surface area (TPSA) is 38.4 Å². The van der Waals surface area contributed by atoms with Gasteiger partial charge in [-0.25, -0.2) is 0 Å². The number of unbranched alkanes of at least 4 members (excludes halogenated alkanes) is 3. The Morgan fingerprint density at radius 2 is 1.77 bits per heavy atom. The van der Waals surface area contributed by atoms with Gasteiger partial charge in [-0.2, -0.15) is 5.10 Å². The van der Waals surface area contributed by atoms with Gasteiger partial charge >= 0.3 is 0 Å². The maximum Gasteiger partial charge on any atom is 0.0429 e. The Kier molecular flexibility index (Phi) is 5.76. The molecule has 0 spiro atoms. The molecule has 0 aromatic heterocycles. The number of nitrogens with zero attached hydrogens (tertiary/aromatic N) is 1. The predicted octanol–water partition coefficient (Wildman–Crippen LogP) is 3.32. The van der Waals surface area contributed by atoms with Crippen LogP contribution >= 0.6 is 0 Å².